The molecule has 0 fully saturated rings. The Hall–Kier alpha value is 0.960. The van der Waals surface area contributed by atoms with Crippen molar-refractivity contribution in [2.45, 2.75) is 26.4 Å². The van der Waals surface area contributed by atoms with Gasteiger partial charge in [0, 0.05) is 29.6 Å². The van der Waals surface area contributed by atoms with Gasteiger partial charge in [0.05, 0.1) is 0 Å². The number of rotatable bonds is 0. The molecule has 0 aromatic heterocycles. The summed E-state index contributed by atoms with van der Waals surface area (Å²) >= 11 is 0. The molecule has 0 aliphatic rings. The van der Waals surface area contributed by atoms with Crippen LogP contribution in [-0.4, -0.2) is 35.2 Å². The Morgan fingerprint density at radius 1 is 1.17 bits per heavy atom. The van der Waals surface area contributed by atoms with Gasteiger partial charge in [-0.15, -0.1) is 5.60 Å². The van der Waals surface area contributed by atoms with Crippen molar-refractivity contribution in [2.75, 3.05) is 0 Å². The van der Waals surface area contributed by atoms with Gasteiger partial charge in [0.1, 0.15) is 0 Å². The average molecular weight is 96.1 g/mol. The van der Waals surface area contributed by atoms with Crippen molar-refractivity contribution in [3.05, 3.63) is 0 Å². The van der Waals surface area contributed by atoms with E-state index in [0.29, 0.717) is 0 Å². The Bertz CT molecular complexity index is 23.0. The zero-order chi connectivity index (χ0) is 4.50. The monoisotopic (exact) mass is 96.1 g/mol. The predicted molar refractivity (Wildman–Crippen MR) is 25.5 cm³/mol. The van der Waals surface area contributed by atoms with Gasteiger partial charge in [0.15, 0.2) is 0 Å². The van der Waals surface area contributed by atoms with Gasteiger partial charge in [-0.25, -0.2) is 0 Å². The molecule has 0 atom stereocenters. The normalized spacial score (nSPS) is 10.0. The van der Waals surface area contributed by atoms with Crippen molar-refractivity contribution in [1.82, 2.24) is 0 Å². The van der Waals surface area contributed by atoms with Crippen LogP contribution in [0.2, 0.25) is 0 Å². The molecule has 0 aromatic rings. The fourth-order valence-electron chi connectivity index (χ4n) is 0. The quantitative estimate of drug-likeness (QED) is 0.382. The summed E-state index contributed by atoms with van der Waals surface area (Å²) in [7, 11) is 0. The van der Waals surface area contributed by atoms with E-state index in [0.717, 1.165) is 0 Å². The predicted octanol–water partition coefficient (Wildman–Crippen LogP) is -0.236. The summed E-state index contributed by atoms with van der Waals surface area (Å²) in [6.07, 6.45) is 0. The topological polar surface area (TPSA) is 23.1 Å². The van der Waals surface area contributed by atoms with E-state index >= 15 is 0 Å². The zero-order valence-corrected chi connectivity index (χ0v) is 6.91. The van der Waals surface area contributed by atoms with Gasteiger partial charge in [0.2, 0.25) is 0 Å². The van der Waals surface area contributed by atoms with E-state index in [2.05, 4.69) is 0 Å². The van der Waals surface area contributed by atoms with Crippen LogP contribution in [0.25, 0.3) is 0 Å². The van der Waals surface area contributed by atoms with Crippen molar-refractivity contribution >= 4 is 29.6 Å². The Morgan fingerprint density at radius 2 is 1.17 bits per heavy atom. The van der Waals surface area contributed by atoms with E-state index in [1.807, 2.05) is 0 Å². The molecule has 0 N–H and O–H groups in total. The second kappa shape index (κ2) is 3.03. The van der Waals surface area contributed by atoms with Gasteiger partial charge in [0.25, 0.3) is 0 Å². The molecule has 6 heavy (non-hydrogen) atoms. The summed E-state index contributed by atoms with van der Waals surface area (Å²) in [5.41, 5.74) is -0.750. The molecule has 0 heterocycles. The maximum Gasteiger partial charge on any atom is 0 e. The van der Waals surface area contributed by atoms with Crippen LogP contribution in [0.5, 0.6) is 0 Å². The average Bonchev–Trinajstić information content (AvgIpc) is 0.722. The van der Waals surface area contributed by atoms with Gasteiger partial charge < -0.3 is 5.11 Å². The van der Waals surface area contributed by atoms with Crippen molar-refractivity contribution in [3.63, 3.8) is 0 Å². The summed E-state index contributed by atoms with van der Waals surface area (Å²) in [6, 6.07) is 0. The molecule has 0 aliphatic carbocycles. The van der Waals surface area contributed by atoms with E-state index in [9.17, 15) is 5.11 Å². The Labute approximate surface area is 61.0 Å². The van der Waals surface area contributed by atoms with Crippen LogP contribution >= 0.6 is 0 Å². The zero-order valence-electron chi connectivity index (χ0n) is 4.91. The molecular formula is C4H9NaO-. The van der Waals surface area contributed by atoms with Crippen molar-refractivity contribution in [2.24, 2.45) is 0 Å². The molecule has 0 unspecified atom stereocenters. The van der Waals surface area contributed by atoms with Crippen molar-refractivity contribution < 1.29 is 5.11 Å². The Kier molecular flexibility index (Phi) is 5.07. The summed E-state index contributed by atoms with van der Waals surface area (Å²) in [5.74, 6) is 0. The van der Waals surface area contributed by atoms with Crippen LogP contribution in [0.3, 0.4) is 0 Å². The van der Waals surface area contributed by atoms with Crippen LogP contribution in [-0.2, 0) is 0 Å². The molecule has 33 valence electrons. The van der Waals surface area contributed by atoms with Crippen LogP contribution in [0.15, 0.2) is 0 Å². The van der Waals surface area contributed by atoms with E-state index in [1.54, 1.807) is 20.8 Å². The first kappa shape index (κ1) is 10.0. The van der Waals surface area contributed by atoms with Gasteiger partial charge >= 0.3 is 0 Å². The standard InChI is InChI=1S/C4H9O.Na/c1-4(2,3)5;/h1-3H3;/q-1;. The molecule has 1 radical (unpaired) electrons. The third-order valence-corrected chi connectivity index (χ3v) is 0. The summed E-state index contributed by atoms with van der Waals surface area (Å²) in [6.45, 7) is 4.90. The SMILES string of the molecule is CC(C)(C)[O-].[Na]. The molecule has 0 spiro atoms. The fourth-order valence-corrected chi connectivity index (χ4v) is 0. The first-order chi connectivity index (χ1) is 2.00. The molecule has 0 saturated heterocycles. The fraction of sp³-hybridized carbons (Fsp3) is 1.00. The van der Waals surface area contributed by atoms with Gasteiger partial charge in [-0.2, -0.15) is 0 Å². The summed E-state index contributed by atoms with van der Waals surface area (Å²) in [4.78, 5) is 0. The summed E-state index contributed by atoms with van der Waals surface area (Å²) in [5, 5.41) is 10.1. The largest absolute Gasteiger partial charge is 0.850 e. The maximum absolute atomic E-state index is 10.1. The minimum absolute atomic E-state index is 0. The summed E-state index contributed by atoms with van der Waals surface area (Å²) < 4.78 is 0. The van der Waals surface area contributed by atoms with E-state index in [4.69, 9.17) is 0 Å². The Morgan fingerprint density at radius 3 is 1.17 bits per heavy atom. The third-order valence-electron chi connectivity index (χ3n) is 0. The number of hydrogen-bond donors (Lipinski definition) is 0. The van der Waals surface area contributed by atoms with Crippen LogP contribution in [0, 0.1) is 0 Å². The van der Waals surface area contributed by atoms with Crippen molar-refractivity contribution in [3.8, 4) is 0 Å². The second-order valence-electron chi connectivity index (χ2n) is 2.11. The minimum atomic E-state index is -0.750. The smallest absolute Gasteiger partial charge is 0 e. The van der Waals surface area contributed by atoms with Gasteiger partial charge in [-0.1, -0.05) is 20.8 Å². The van der Waals surface area contributed by atoms with E-state index < -0.39 is 5.60 Å². The molecule has 0 amide bonds. The van der Waals surface area contributed by atoms with Crippen molar-refractivity contribution in [1.29, 1.82) is 0 Å². The molecule has 2 heteroatoms. The molecule has 0 saturated carbocycles. The second-order valence-corrected chi connectivity index (χ2v) is 2.11. The molecule has 1 nitrogen and oxygen atoms in total. The van der Waals surface area contributed by atoms with E-state index in [-0.39, 0.29) is 29.6 Å². The molecular weight excluding hydrogens is 87.0 g/mol. The first-order valence-electron chi connectivity index (χ1n) is 1.70. The molecule has 0 aromatic carbocycles. The molecule has 0 rings (SSSR count). The Balaban J connectivity index is 0. The van der Waals surface area contributed by atoms with Crippen LogP contribution in [0.1, 0.15) is 20.8 Å². The number of hydrogen-bond acceptors (Lipinski definition) is 1. The third kappa shape index (κ3) is 84.4. The molecule has 0 bridgehead atoms. The molecule has 0 aliphatic heterocycles. The van der Waals surface area contributed by atoms with Crippen LogP contribution < -0.4 is 5.11 Å². The van der Waals surface area contributed by atoms with Gasteiger partial charge in [-0.3, -0.25) is 0 Å². The maximum atomic E-state index is 10.1. The first-order valence-corrected chi connectivity index (χ1v) is 1.70. The minimum Gasteiger partial charge on any atom is -0.850 e. The van der Waals surface area contributed by atoms with Crippen LogP contribution in [0.4, 0.5) is 0 Å². The van der Waals surface area contributed by atoms with E-state index in [1.165, 1.54) is 0 Å². The van der Waals surface area contributed by atoms with Gasteiger partial charge in [-0.05, 0) is 0 Å².